The van der Waals surface area contributed by atoms with Gasteiger partial charge in [0.15, 0.2) is 0 Å². The second-order valence-corrected chi connectivity index (χ2v) is 7.13. The van der Waals surface area contributed by atoms with Crippen LogP contribution in [0.2, 0.25) is 0 Å². The zero-order chi connectivity index (χ0) is 16.4. The van der Waals surface area contributed by atoms with E-state index in [1.54, 1.807) is 7.11 Å². The lowest BCUT2D eigenvalue weighted by Crippen LogP contribution is -2.24. The van der Waals surface area contributed by atoms with Crippen LogP contribution in [-0.4, -0.2) is 29.3 Å². The zero-order valence-corrected chi connectivity index (χ0v) is 14.8. The first-order valence-electron chi connectivity index (χ1n) is 8.10. The maximum absolute atomic E-state index is 13.2. The molecule has 0 aromatic heterocycles. The van der Waals surface area contributed by atoms with Gasteiger partial charge in [0.1, 0.15) is 5.75 Å². The summed E-state index contributed by atoms with van der Waals surface area (Å²) in [6.45, 7) is 7.00. The number of rotatable bonds is 5. The van der Waals surface area contributed by atoms with Crippen molar-refractivity contribution in [2.24, 2.45) is 0 Å². The smallest absolute Gasteiger partial charge is 0.124 e. The van der Waals surface area contributed by atoms with Gasteiger partial charge in [-0.3, -0.25) is 4.90 Å². The highest BCUT2D eigenvalue weighted by Gasteiger charge is 2.27. The molecule has 3 nitrogen and oxygen atoms in total. The van der Waals surface area contributed by atoms with E-state index in [4.69, 9.17) is 4.74 Å². The van der Waals surface area contributed by atoms with Crippen molar-refractivity contribution in [2.75, 3.05) is 20.2 Å². The van der Waals surface area contributed by atoms with Gasteiger partial charge in [0.25, 0.3) is 0 Å². The van der Waals surface area contributed by atoms with Gasteiger partial charge in [-0.15, -0.1) is 0 Å². The van der Waals surface area contributed by atoms with Crippen LogP contribution in [0.3, 0.4) is 0 Å². The van der Waals surface area contributed by atoms with Gasteiger partial charge in [0.05, 0.1) is 22.8 Å². The maximum atomic E-state index is 13.2. The number of ether oxygens (including phenoxy) is 1. The quantitative estimate of drug-likeness (QED) is 0.716. The molecule has 4 heteroatoms. The van der Waals surface area contributed by atoms with Gasteiger partial charge in [0.2, 0.25) is 0 Å². The molecule has 1 unspecified atom stereocenters. The van der Waals surface area contributed by atoms with E-state index in [2.05, 4.69) is 30.9 Å². The van der Waals surface area contributed by atoms with Crippen molar-refractivity contribution in [3.05, 3.63) is 53.1 Å². The molecule has 0 radical (unpaired) electrons. The molecule has 2 aromatic rings. The number of hydrogen-bond acceptors (Lipinski definition) is 3. The van der Waals surface area contributed by atoms with E-state index in [0.29, 0.717) is 0 Å². The summed E-state index contributed by atoms with van der Waals surface area (Å²) in [4.78, 5) is 4.22. The first-order valence-corrected chi connectivity index (χ1v) is 9.25. The lowest BCUT2D eigenvalue weighted by molar-refractivity contribution is 0.286. The largest absolute Gasteiger partial charge is 0.496 e. The maximum Gasteiger partial charge on any atom is 0.124 e. The van der Waals surface area contributed by atoms with Crippen LogP contribution in [0.5, 0.6) is 5.75 Å². The standard InChI is InChI=1S/C19H23NO2S/c1-4-20(5-2)13-16-17(22-3)11-10-15-12-14-8-6-7-9-18(14)23(21)19(15)16/h6-11H,4-5,12-13H2,1-3H3. The Morgan fingerprint density at radius 1 is 1.09 bits per heavy atom. The summed E-state index contributed by atoms with van der Waals surface area (Å²) >= 11 is 0. The van der Waals surface area contributed by atoms with Gasteiger partial charge < -0.3 is 4.74 Å². The third-order valence-corrected chi connectivity index (χ3v) is 6.21. The first kappa shape index (κ1) is 16.2. The minimum absolute atomic E-state index is 0.771. The molecule has 1 aliphatic heterocycles. The molecule has 23 heavy (non-hydrogen) atoms. The Kier molecular flexibility index (Phi) is 4.83. The van der Waals surface area contributed by atoms with Crippen LogP contribution in [0.1, 0.15) is 30.5 Å². The number of fused-ring (bicyclic) bond motifs is 2. The molecule has 122 valence electrons. The van der Waals surface area contributed by atoms with E-state index in [1.807, 2.05) is 24.3 Å². The number of benzene rings is 2. The van der Waals surface area contributed by atoms with Crippen molar-refractivity contribution < 1.29 is 8.95 Å². The minimum Gasteiger partial charge on any atom is -0.496 e. The predicted octanol–water partition coefficient (Wildman–Crippen LogP) is 3.61. The van der Waals surface area contributed by atoms with Crippen molar-refractivity contribution in [2.45, 2.75) is 36.6 Å². The third kappa shape index (κ3) is 2.93. The first-order chi connectivity index (χ1) is 11.2. The highest BCUT2D eigenvalue weighted by atomic mass is 32.2. The van der Waals surface area contributed by atoms with Crippen molar-refractivity contribution in [1.82, 2.24) is 4.90 Å². The molecule has 3 rings (SSSR count). The van der Waals surface area contributed by atoms with Crippen LogP contribution < -0.4 is 4.74 Å². The molecule has 0 N–H and O–H groups in total. The van der Waals surface area contributed by atoms with E-state index in [1.165, 1.54) is 0 Å². The predicted molar refractivity (Wildman–Crippen MR) is 93.5 cm³/mol. The third-order valence-electron chi connectivity index (χ3n) is 4.53. The zero-order valence-electron chi connectivity index (χ0n) is 14.0. The van der Waals surface area contributed by atoms with Crippen LogP contribution in [0, 0.1) is 0 Å². The number of hydrogen-bond donors (Lipinski definition) is 0. The molecule has 1 heterocycles. The molecule has 0 saturated carbocycles. The van der Waals surface area contributed by atoms with E-state index < -0.39 is 10.8 Å². The Labute approximate surface area is 140 Å². The fraction of sp³-hybridized carbons (Fsp3) is 0.368. The molecule has 0 spiro atoms. The van der Waals surface area contributed by atoms with Gasteiger partial charge in [-0.1, -0.05) is 38.1 Å². The molecule has 0 fully saturated rings. The second-order valence-electron chi connectivity index (χ2n) is 5.75. The highest BCUT2D eigenvalue weighted by Crippen LogP contribution is 2.38. The molecule has 2 aromatic carbocycles. The van der Waals surface area contributed by atoms with Crippen LogP contribution in [0.25, 0.3) is 0 Å². The van der Waals surface area contributed by atoms with Crippen molar-refractivity contribution in [3.63, 3.8) is 0 Å². The molecule has 1 aliphatic rings. The van der Waals surface area contributed by atoms with Gasteiger partial charge in [-0.2, -0.15) is 0 Å². The van der Waals surface area contributed by atoms with Crippen LogP contribution in [0.4, 0.5) is 0 Å². The average molecular weight is 329 g/mol. The van der Waals surface area contributed by atoms with Crippen LogP contribution in [-0.2, 0) is 23.8 Å². The lowest BCUT2D eigenvalue weighted by Gasteiger charge is -2.26. The van der Waals surface area contributed by atoms with E-state index in [-0.39, 0.29) is 0 Å². The lowest BCUT2D eigenvalue weighted by atomic mass is 10.0. The SMILES string of the molecule is CCN(CC)Cc1c(OC)ccc2c1S(=O)c1ccccc1C2. The average Bonchev–Trinajstić information content (AvgIpc) is 2.59. The van der Waals surface area contributed by atoms with Crippen molar-refractivity contribution in [3.8, 4) is 5.75 Å². The highest BCUT2D eigenvalue weighted by molar-refractivity contribution is 7.85. The fourth-order valence-electron chi connectivity index (χ4n) is 3.19. The molecule has 0 amide bonds. The number of nitrogens with zero attached hydrogens (tertiary/aromatic N) is 1. The molecule has 0 saturated heterocycles. The second kappa shape index (κ2) is 6.85. The Hall–Kier alpha value is -1.65. The van der Waals surface area contributed by atoms with Gasteiger partial charge >= 0.3 is 0 Å². The van der Waals surface area contributed by atoms with Crippen LogP contribution >= 0.6 is 0 Å². The summed E-state index contributed by atoms with van der Waals surface area (Å²) in [7, 11) is 0.547. The van der Waals surface area contributed by atoms with Crippen molar-refractivity contribution >= 4 is 10.8 Å². The van der Waals surface area contributed by atoms with Gasteiger partial charge in [0, 0.05) is 17.0 Å². The summed E-state index contributed by atoms with van der Waals surface area (Å²) in [6.07, 6.45) is 0.840. The van der Waals surface area contributed by atoms with E-state index >= 15 is 0 Å². The summed E-state index contributed by atoms with van der Waals surface area (Å²) in [5, 5.41) is 0. The molecular weight excluding hydrogens is 306 g/mol. The normalized spacial score (nSPS) is 16.1. The summed E-state index contributed by atoms with van der Waals surface area (Å²) in [5.41, 5.74) is 3.39. The van der Waals surface area contributed by atoms with E-state index in [9.17, 15) is 4.21 Å². The Morgan fingerprint density at radius 2 is 1.83 bits per heavy atom. The Morgan fingerprint density at radius 3 is 2.52 bits per heavy atom. The molecule has 0 bridgehead atoms. The summed E-state index contributed by atoms with van der Waals surface area (Å²) in [5.74, 6) is 0.836. The molecule has 1 atom stereocenters. The van der Waals surface area contributed by atoms with Gasteiger partial charge in [-0.25, -0.2) is 4.21 Å². The topological polar surface area (TPSA) is 29.5 Å². The van der Waals surface area contributed by atoms with E-state index in [0.717, 1.165) is 58.3 Å². The van der Waals surface area contributed by atoms with Gasteiger partial charge in [-0.05, 0) is 42.8 Å². The number of methoxy groups -OCH3 is 1. The minimum atomic E-state index is -1.14. The Bertz CT molecular complexity index is 738. The van der Waals surface area contributed by atoms with Crippen molar-refractivity contribution in [1.29, 1.82) is 0 Å². The fourth-order valence-corrected chi connectivity index (χ4v) is 4.75. The molecular formula is C19H23NO2S. The Balaban J connectivity index is 2.12. The summed E-state index contributed by atoms with van der Waals surface area (Å²) in [6, 6.07) is 12.1. The monoisotopic (exact) mass is 329 g/mol. The summed E-state index contributed by atoms with van der Waals surface area (Å²) < 4.78 is 18.8. The van der Waals surface area contributed by atoms with Crippen LogP contribution in [0.15, 0.2) is 46.2 Å². The molecule has 0 aliphatic carbocycles.